The summed E-state index contributed by atoms with van der Waals surface area (Å²) in [5, 5.41) is 3.37. The lowest BCUT2D eigenvalue weighted by Gasteiger charge is -2.22. The van der Waals surface area contributed by atoms with Crippen LogP contribution < -0.4 is 10.1 Å². The zero-order valence-corrected chi connectivity index (χ0v) is 26.3. The van der Waals surface area contributed by atoms with E-state index in [0.29, 0.717) is 18.9 Å². The third kappa shape index (κ3) is 13.5. The molecular weight excluding hydrogens is 535 g/mol. The number of allylic oxidation sites excluding steroid dienone is 9. The van der Waals surface area contributed by atoms with Crippen molar-refractivity contribution in [3.8, 4) is 5.75 Å². The van der Waals surface area contributed by atoms with Crippen molar-refractivity contribution >= 4 is 5.78 Å². The van der Waals surface area contributed by atoms with Gasteiger partial charge in [0.25, 0.3) is 0 Å². The van der Waals surface area contributed by atoms with Crippen LogP contribution in [-0.2, 0) is 6.42 Å². The summed E-state index contributed by atoms with van der Waals surface area (Å²) in [6, 6.07) is 12.4. The minimum Gasteiger partial charge on any atom is -0.492 e. The van der Waals surface area contributed by atoms with Crippen molar-refractivity contribution in [2.24, 2.45) is 5.92 Å². The standard InChI is InChI=1S/C26H35FN2O2.C12H14/c1-20-19-23(25(30)9-5-22-11-14-28-15-12-22)6-10-26(20)31-18-17-29(2)16-13-21-3-7-24(27)8-4-21;1-11-7-4-3-5-8-12(2)10-6-9-11/h3-4,6-8,10,19,22,28H,5,9,11-18H2,1-2H3;3-7,9-10H,1,8H2,2H3/b;5-3-,7-4-,9-6-,12-10-. The molecule has 4 rings (SSSR count). The third-order valence-corrected chi connectivity index (χ3v) is 7.85. The van der Waals surface area contributed by atoms with Gasteiger partial charge < -0.3 is 15.0 Å². The molecule has 1 heterocycles. The number of carbonyl (C=O) groups excluding carboxylic acids is 1. The first kappa shape index (κ1) is 34.0. The van der Waals surface area contributed by atoms with E-state index in [1.165, 1.54) is 30.5 Å². The highest BCUT2D eigenvalue weighted by atomic mass is 19.1. The van der Waals surface area contributed by atoms with Gasteiger partial charge in [0.15, 0.2) is 5.78 Å². The van der Waals surface area contributed by atoms with Gasteiger partial charge in [-0.2, -0.15) is 0 Å². The first-order valence-corrected chi connectivity index (χ1v) is 15.6. The van der Waals surface area contributed by atoms with Crippen molar-refractivity contribution in [2.75, 3.05) is 39.8 Å². The maximum atomic E-state index is 13.0. The molecule has 1 fully saturated rings. The van der Waals surface area contributed by atoms with Crippen LogP contribution in [0.25, 0.3) is 0 Å². The summed E-state index contributed by atoms with van der Waals surface area (Å²) < 4.78 is 18.9. The summed E-state index contributed by atoms with van der Waals surface area (Å²) >= 11 is 0. The Bertz CT molecular complexity index is 1280. The highest BCUT2D eigenvalue weighted by Gasteiger charge is 2.16. The molecular formula is C38H49FN2O2. The summed E-state index contributed by atoms with van der Waals surface area (Å²) in [7, 11) is 2.06. The Morgan fingerprint density at radius 3 is 2.51 bits per heavy atom. The molecule has 1 saturated heterocycles. The first-order chi connectivity index (χ1) is 20.8. The molecule has 2 aromatic carbocycles. The Morgan fingerprint density at radius 1 is 1.02 bits per heavy atom. The molecule has 0 atom stereocenters. The second kappa shape index (κ2) is 18.9. The van der Waals surface area contributed by atoms with Gasteiger partial charge in [-0.05, 0) is 119 Å². The Kier molecular flexibility index (Phi) is 14.9. The van der Waals surface area contributed by atoms with Crippen molar-refractivity contribution in [3.05, 3.63) is 125 Å². The van der Waals surface area contributed by atoms with Gasteiger partial charge >= 0.3 is 0 Å². The average molecular weight is 585 g/mol. The Hall–Kier alpha value is -3.54. The second-order valence-electron chi connectivity index (χ2n) is 11.6. The van der Waals surface area contributed by atoms with E-state index in [9.17, 15) is 9.18 Å². The number of nitrogens with zero attached hydrogens (tertiary/aromatic N) is 1. The summed E-state index contributed by atoms with van der Waals surface area (Å²) in [5.41, 5.74) is 5.32. The van der Waals surface area contributed by atoms with Crippen LogP contribution >= 0.6 is 0 Å². The van der Waals surface area contributed by atoms with E-state index in [4.69, 9.17) is 4.74 Å². The summed E-state index contributed by atoms with van der Waals surface area (Å²) in [6.07, 6.45) is 20.3. The molecule has 2 aromatic rings. The maximum absolute atomic E-state index is 13.0. The molecule has 2 aliphatic rings. The molecule has 0 radical (unpaired) electrons. The third-order valence-electron chi connectivity index (χ3n) is 7.85. The van der Waals surface area contributed by atoms with Crippen LogP contribution in [0.2, 0.25) is 0 Å². The molecule has 1 aliphatic heterocycles. The van der Waals surface area contributed by atoms with Crippen LogP contribution in [0.4, 0.5) is 4.39 Å². The molecule has 1 aliphatic carbocycles. The highest BCUT2D eigenvalue weighted by molar-refractivity contribution is 5.96. The SMILES string of the molecule is C=C1/C=C\C=C/C/C(C)=C\C=C/1.Cc1cc(C(=O)CCC2CCNCC2)ccc1OCCN(C)CCc1ccc(F)cc1. The van der Waals surface area contributed by atoms with Gasteiger partial charge in [-0.3, -0.25) is 4.79 Å². The van der Waals surface area contributed by atoms with E-state index in [1.54, 1.807) is 0 Å². The smallest absolute Gasteiger partial charge is 0.162 e. The lowest BCUT2D eigenvalue weighted by atomic mass is 9.91. The summed E-state index contributed by atoms with van der Waals surface area (Å²) in [6.45, 7) is 12.4. The number of benzene rings is 2. The van der Waals surface area contributed by atoms with Gasteiger partial charge in [-0.25, -0.2) is 4.39 Å². The predicted molar refractivity (Wildman–Crippen MR) is 178 cm³/mol. The molecule has 0 spiro atoms. The quantitative estimate of drug-likeness (QED) is 0.270. The summed E-state index contributed by atoms with van der Waals surface area (Å²) in [5.74, 6) is 1.54. The Labute approximate surface area is 258 Å². The fourth-order valence-electron chi connectivity index (χ4n) is 5.00. The van der Waals surface area contributed by atoms with Crippen molar-refractivity contribution in [2.45, 2.75) is 52.4 Å². The largest absolute Gasteiger partial charge is 0.492 e. The van der Waals surface area contributed by atoms with E-state index >= 15 is 0 Å². The number of ether oxygens (including phenoxy) is 1. The Morgan fingerprint density at radius 2 is 1.77 bits per heavy atom. The lowest BCUT2D eigenvalue weighted by Crippen LogP contribution is -2.28. The molecule has 0 saturated carbocycles. The van der Waals surface area contributed by atoms with E-state index in [1.807, 2.05) is 61.6 Å². The van der Waals surface area contributed by atoms with Gasteiger partial charge in [0, 0.05) is 25.1 Å². The van der Waals surface area contributed by atoms with E-state index in [2.05, 4.69) is 49.0 Å². The molecule has 230 valence electrons. The first-order valence-electron chi connectivity index (χ1n) is 15.6. The van der Waals surface area contributed by atoms with Gasteiger partial charge in [0.2, 0.25) is 0 Å². The van der Waals surface area contributed by atoms with E-state index in [-0.39, 0.29) is 11.6 Å². The molecule has 43 heavy (non-hydrogen) atoms. The van der Waals surface area contributed by atoms with Gasteiger partial charge in [0.05, 0.1) is 0 Å². The number of carbonyl (C=O) groups is 1. The van der Waals surface area contributed by atoms with Crippen LogP contribution in [0.5, 0.6) is 5.75 Å². The fraction of sp³-hybridized carbons (Fsp3) is 0.395. The number of ketones is 1. The predicted octanol–water partition coefficient (Wildman–Crippen LogP) is 8.21. The van der Waals surface area contributed by atoms with Crippen LogP contribution in [0.15, 0.2) is 103 Å². The van der Waals surface area contributed by atoms with Crippen molar-refractivity contribution in [3.63, 3.8) is 0 Å². The zero-order chi connectivity index (χ0) is 30.9. The number of aryl methyl sites for hydroxylation is 1. The number of halogens is 1. The molecule has 0 amide bonds. The molecule has 0 bridgehead atoms. The number of rotatable bonds is 11. The van der Waals surface area contributed by atoms with Crippen LogP contribution in [0, 0.1) is 18.7 Å². The van der Waals surface area contributed by atoms with Crippen molar-refractivity contribution in [1.82, 2.24) is 10.2 Å². The van der Waals surface area contributed by atoms with Crippen LogP contribution in [0.1, 0.15) is 60.5 Å². The average Bonchev–Trinajstić information content (AvgIpc) is 3.01. The molecule has 5 heteroatoms. The van der Waals surface area contributed by atoms with Crippen molar-refractivity contribution in [1.29, 1.82) is 0 Å². The molecule has 1 N–H and O–H groups in total. The number of piperidine rings is 1. The monoisotopic (exact) mass is 584 g/mol. The summed E-state index contributed by atoms with van der Waals surface area (Å²) in [4.78, 5) is 14.8. The maximum Gasteiger partial charge on any atom is 0.162 e. The van der Waals surface area contributed by atoms with Gasteiger partial charge in [0.1, 0.15) is 18.2 Å². The minimum atomic E-state index is -0.199. The van der Waals surface area contributed by atoms with Gasteiger partial charge in [-0.15, -0.1) is 0 Å². The molecule has 0 aromatic heterocycles. The number of hydrogen-bond acceptors (Lipinski definition) is 4. The van der Waals surface area contributed by atoms with Crippen LogP contribution in [-0.4, -0.2) is 50.5 Å². The van der Waals surface area contributed by atoms with Crippen molar-refractivity contribution < 1.29 is 13.9 Å². The number of Topliss-reactive ketones (excluding diaryl/α,β-unsaturated/α-hetero) is 1. The second-order valence-corrected chi connectivity index (χ2v) is 11.6. The topological polar surface area (TPSA) is 41.6 Å². The lowest BCUT2D eigenvalue weighted by molar-refractivity contribution is 0.0970. The molecule has 4 nitrogen and oxygen atoms in total. The number of likely N-dealkylation sites (N-methyl/N-ethyl adjacent to an activating group) is 1. The van der Waals surface area contributed by atoms with E-state index < -0.39 is 0 Å². The molecule has 0 unspecified atom stereocenters. The number of hydrogen-bond donors (Lipinski definition) is 1. The Balaban J connectivity index is 0.000000353. The minimum absolute atomic E-state index is 0.199. The highest BCUT2D eigenvalue weighted by Crippen LogP contribution is 2.23. The fourth-order valence-corrected chi connectivity index (χ4v) is 5.00. The zero-order valence-electron chi connectivity index (χ0n) is 26.3. The van der Waals surface area contributed by atoms with E-state index in [0.717, 1.165) is 73.5 Å². The number of nitrogens with one attached hydrogen (secondary N) is 1. The normalized spacial score (nSPS) is 19.0. The van der Waals surface area contributed by atoms with Crippen LogP contribution in [0.3, 0.4) is 0 Å². The van der Waals surface area contributed by atoms with Gasteiger partial charge in [-0.1, -0.05) is 66.8 Å².